The molecule has 5 heteroatoms. The van der Waals surface area contributed by atoms with Crippen molar-refractivity contribution in [2.24, 2.45) is 0 Å². The van der Waals surface area contributed by atoms with Crippen molar-refractivity contribution >= 4 is 24.1 Å². The zero-order valence-electron chi connectivity index (χ0n) is 16.8. The Labute approximate surface area is 191 Å². The second kappa shape index (κ2) is 11.6. The molecule has 0 aliphatic heterocycles. The van der Waals surface area contributed by atoms with Crippen LogP contribution in [0, 0.1) is 0 Å². The first-order valence-corrected chi connectivity index (χ1v) is 11.4. The van der Waals surface area contributed by atoms with Gasteiger partial charge in [0, 0.05) is 24.1 Å². The van der Waals surface area contributed by atoms with Gasteiger partial charge in [-0.05, 0) is 35.4 Å². The second-order valence-corrected chi connectivity index (χ2v) is 8.34. The van der Waals surface area contributed by atoms with Gasteiger partial charge in [-0.15, -0.1) is 0 Å². The predicted octanol–water partition coefficient (Wildman–Crippen LogP) is 7.93. The standard InChI is InChI=1S/C26H22O3S2/c1-3-11-21(12-4-1)19-27-30-25-17-9-7-15-23(25)29-24-16-8-10-18-26(24)31-28-20-22-13-5-2-6-14-22/h1-18H,19-20H2. The summed E-state index contributed by atoms with van der Waals surface area (Å²) in [5, 5.41) is 0. The summed E-state index contributed by atoms with van der Waals surface area (Å²) in [5.41, 5.74) is 2.26. The summed E-state index contributed by atoms with van der Waals surface area (Å²) >= 11 is 2.64. The minimum Gasteiger partial charge on any atom is -0.455 e. The summed E-state index contributed by atoms with van der Waals surface area (Å²) in [5.74, 6) is 1.49. The number of hydrogen-bond donors (Lipinski definition) is 0. The first kappa shape index (κ1) is 21.5. The van der Waals surface area contributed by atoms with E-state index in [2.05, 4.69) is 0 Å². The van der Waals surface area contributed by atoms with Crippen LogP contribution in [-0.2, 0) is 21.6 Å². The first-order valence-electron chi connectivity index (χ1n) is 9.91. The molecule has 0 amide bonds. The van der Waals surface area contributed by atoms with Gasteiger partial charge in [0.05, 0.1) is 23.0 Å². The maximum Gasteiger partial charge on any atom is 0.143 e. The molecule has 4 aromatic carbocycles. The molecule has 0 unspecified atom stereocenters. The van der Waals surface area contributed by atoms with Gasteiger partial charge in [0.25, 0.3) is 0 Å². The molecule has 0 spiro atoms. The second-order valence-electron chi connectivity index (χ2n) is 6.66. The monoisotopic (exact) mass is 446 g/mol. The highest BCUT2D eigenvalue weighted by atomic mass is 32.2. The van der Waals surface area contributed by atoms with Crippen LogP contribution >= 0.6 is 24.1 Å². The normalized spacial score (nSPS) is 10.7. The first-order chi connectivity index (χ1) is 15.4. The van der Waals surface area contributed by atoms with E-state index in [1.54, 1.807) is 0 Å². The van der Waals surface area contributed by atoms with Crippen molar-refractivity contribution in [2.75, 3.05) is 0 Å². The molecule has 0 radical (unpaired) electrons. The van der Waals surface area contributed by atoms with E-state index in [0.717, 1.165) is 32.4 Å². The van der Waals surface area contributed by atoms with Gasteiger partial charge in [0.15, 0.2) is 0 Å². The van der Waals surface area contributed by atoms with Crippen LogP contribution in [-0.4, -0.2) is 0 Å². The SMILES string of the molecule is c1ccc(COSc2ccccc2Oc2ccccc2SOCc2ccccc2)cc1. The van der Waals surface area contributed by atoms with Gasteiger partial charge in [0.2, 0.25) is 0 Å². The van der Waals surface area contributed by atoms with E-state index < -0.39 is 0 Å². The highest BCUT2D eigenvalue weighted by Gasteiger charge is 2.10. The van der Waals surface area contributed by atoms with E-state index in [9.17, 15) is 0 Å². The van der Waals surface area contributed by atoms with Gasteiger partial charge in [-0.2, -0.15) is 0 Å². The minimum atomic E-state index is 0.527. The van der Waals surface area contributed by atoms with Gasteiger partial charge in [-0.1, -0.05) is 84.9 Å². The molecule has 0 saturated carbocycles. The van der Waals surface area contributed by atoms with Crippen molar-refractivity contribution in [3.8, 4) is 11.5 Å². The fraction of sp³-hybridized carbons (Fsp3) is 0.0769. The molecule has 0 aromatic heterocycles. The Hall–Kier alpha value is -2.70. The largest absolute Gasteiger partial charge is 0.455 e. The molecule has 0 heterocycles. The van der Waals surface area contributed by atoms with E-state index in [1.807, 2.05) is 109 Å². The Balaban J connectivity index is 1.38. The molecule has 0 saturated heterocycles. The van der Waals surface area contributed by atoms with Crippen LogP contribution in [0.5, 0.6) is 11.5 Å². The fourth-order valence-corrected chi connectivity index (χ4v) is 4.09. The van der Waals surface area contributed by atoms with Crippen LogP contribution in [0.3, 0.4) is 0 Å². The lowest BCUT2D eigenvalue weighted by Crippen LogP contribution is -1.91. The third kappa shape index (κ3) is 6.64. The molecule has 0 bridgehead atoms. The van der Waals surface area contributed by atoms with Gasteiger partial charge < -0.3 is 13.1 Å². The molecule has 4 rings (SSSR count). The zero-order chi connectivity index (χ0) is 21.1. The molecule has 156 valence electrons. The number of hydrogen-bond acceptors (Lipinski definition) is 5. The smallest absolute Gasteiger partial charge is 0.143 e. The van der Waals surface area contributed by atoms with Gasteiger partial charge in [-0.3, -0.25) is 0 Å². The Morgan fingerprint density at radius 3 is 1.29 bits per heavy atom. The summed E-state index contributed by atoms with van der Waals surface area (Å²) in [7, 11) is 0. The summed E-state index contributed by atoms with van der Waals surface area (Å²) in [6, 6.07) is 36.0. The van der Waals surface area contributed by atoms with Crippen molar-refractivity contribution in [1.29, 1.82) is 0 Å². The molecule has 0 N–H and O–H groups in total. The van der Waals surface area contributed by atoms with Crippen LogP contribution in [0.2, 0.25) is 0 Å². The third-order valence-electron chi connectivity index (χ3n) is 4.35. The molecule has 3 nitrogen and oxygen atoms in total. The molecule has 0 aliphatic rings. The van der Waals surface area contributed by atoms with Crippen molar-refractivity contribution < 1.29 is 13.1 Å². The lowest BCUT2D eigenvalue weighted by Gasteiger charge is -2.13. The van der Waals surface area contributed by atoms with E-state index in [-0.39, 0.29) is 0 Å². The Kier molecular flexibility index (Phi) is 8.07. The summed E-state index contributed by atoms with van der Waals surface area (Å²) in [6.45, 7) is 1.05. The van der Waals surface area contributed by atoms with Gasteiger partial charge in [-0.25, -0.2) is 0 Å². The number of ether oxygens (including phenoxy) is 1. The van der Waals surface area contributed by atoms with E-state index >= 15 is 0 Å². The number of para-hydroxylation sites is 2. The van der Waals surface area contributed by atoms with E-state index in [1.165, 1.54) is 24.1 Å². The minimum absolute atomic E-state index is 0.527. The van der Waals surface area contributed by atoms with Crippen LogP contribution in [0.15, 0.2) is 119 Å². The zero-order valence-corrected chi connectivity index (χ0v) is 18.5. The quantitative estimate of drug-likeness (QED) is 0.231. The van der Waals surface area contributed by atoms with Crippen LogP contribution in [0.25, 0.3) is 0 Å². The van der Waals surface area contributed by atoms with Gasteiger partial charge in [0.1, 0.15) is 11.5 Å². The molecule has 0 atom stereocenters. The Bertz CT molecular complexity index is 985. The van der Waals surface area contributed by atoms with Crippen LogP contribution < -0.4 is 4.74 Å². The third-order valence-corrected chi connectivity index (χ3v) is 5.86. The van der Waals surface area contributed by atoms with E-state index in [4.69, 9.17) is 13.1 Å². The van der Waals surface area contributed by atoms with Crippen molar-refractivity contribution in [2.45, 2.75) is 23.0 Å². The highest BCUT2D eigenvalue weighted by molar-refractivity contribution is 7.95. The van der Waals surface area contributed by atoms with Crippen LogP contribution in [0.1, 0.15) is 11.1 Å². The molecular weight excluding hydrogens is 424 g/mol. The predicted molar refractivity (Wildman–Crippen MR) is 127 cm³/mol. The highest BCUT2D eigenvalue weighted by Crippen LogP contribution is 2.38. The Morgan fingerprint density at radius 2 is 0.839 bits per heavy atom. The maximum atomic E-state index is 6.24. The van der Waals surface area contributed by atoms with Crippen molar-refractivity contribution in [1.82, 2.24) is 0 Å². The van der Waals surface area contributed by atoms with Gasteiger partial charge >= 0.3 is 0 Å². The summed E-state index contributed by atoms with van der Waals surface area (Å²) < 4.78 is 17.9. The number of benzene rings is 4. The van der Waals surface area contributed by atoms with Crippen LogP contribution in [0.4, 0.5) is 0 Å². The molecular formula is C26H22O3S2. The lowest BCUT2D eigenvalue weighted by molar-refractivity contribution is 0.360. The number of rotatable bonds is 10. The average Bonchev–Trinajstić information content (AvgIpc) is 2.83. The maximum absolute atomic E-state index is 6.24. The fourth-order valence-electron chi connectivity index (χ4n) is 2.80. The average molecular weight is 447 g/mol. The summed E-state index contributed by atoms with van der Waals surface area (Å²) in [6.07, 6.45) is 0. The Morgan fingerprint density at radius 1 is 0.452 bits per heavy atom. The summed E-state index contributed by atoms with van der Waals surface area (Å²) in [4.78, 5) is 1.84. The van der Waals surface area contributed by atoms with E-state index in [0.29, 0.717) is 13.2 Å². The molecule has 0 fully saturated rings. The lowest BCUT2D eigenvalue weighted by atomic mass is 10.2. The van der Waals surface area contributed by atoms with Crippen molar-refractivity contribution in [3.63, 3.8) is 0 Å². The topological polar surface area (TPSA) is 27.7 Å². The van der Waals surface area contributed by atoms with Crippen molar-refractivity contribution in [3.05, 3.63) is 120 Å². The molecule has 4 aromatic rings. The molecule has 31 heavy (non-hydrogen) atoms. The molecule has 0 aliphatic carbocycles.